The Morgan fingerprint density at radius 1 is 1.13 bits per heavy atom. The number of hydrogen-bond donors (Lipinski definition) is 2. The van der Waals surface area contributed by atoms with Crippen molar-refractivity contribution in [2.24, 2.45) is 5.92 Å². The lowest BCUT2D eigenvalue weighted by Gasteiger charge is -2.30. The number of para-hydroxylation sites is 1. The summed E-state index contributed by atoms with van der Waals surface area (Å²) in [4.78, 5) is 38.3. The number of carbonyl (C=O) groups excluding carboxylic acids is 3. The quantitative estimate of drug-likeness (QED) is 0.700. The molecular weight excluding hydrogens is 400 g/mol. The van der Waals surface area contributed by atoms with Gasteiger partial charge in [0.15, 0.2) is 0 Å². The molecule has 3 amide bonds. The van der Waals surface area contributed by atoms with Crippen LogP contribution in [0, 0.1) is 5.92 Å². The number of hydrazine groups is 1. The minimum atomic E-state index is -0.862. The molecule has 0 unspecified atom stereocenters. The zero-order valence-corrected chi connectivity index (χ0v) is 19.2. The highest BCUT2D eigenvalue weighted by Gasteiger charge is 2.30. The molecule has 0 aliphatic rings. The summed E-state index contributed by atoms with van der Waals surface area (Å²) >= 11 is 0. The summed E-state index contributed by atoms with van der Waals surface area (Å²) in [6.45, 7) is 12.6. The van der Waals surface area contributed by atoms with E-state index in [1.165, 1.54) is 4.68 Å². The minimum Gasteiger partial charge on any atom is -0.443 e. The number of fused-ring (bicyclic) bond motifs is 1. The van der Waals surface area contributed by atoms with E-state index in [1.807, 2.05) is 19.9 Å². The second kappa shape index (κ2) is 9.76. The fourth-order valence-corrected chi connectivity index (χ4v) is 2.90. The molecular formula is C21H32N6O4. The number of nitrogens with one attached hydrogen (secondary N) is 2. The Bertz CT molecular complexity index is 931. The van der Waals surface area contributed by atoms with Gasteiger partial charge in [-0.25, -0.2) is 20.0 Å². The third-order valence-electron chi connectivity index (χ3n) is 4.21. The first-order valence-electron chi connectivity index (χ1n) is 10.3. The number of urea groups is 1. The molecule has 0 aliphatic heterocycles. The summed E-state index contributed by atoms with van der Waals surface area (Å²) in [6, 6.07) is 5.23. The van der Waals surface area contributed by atoms with Crippen LogP contribution >= 0.6 is 0 Å². The lowest BCUT2D eigenvalue weighted by Crippen LogP contribution is -2.58. The second-order valence-corrected chi connectivity index (χ2v) is 9.04. The summed E-state index contributed by atoms with van der Waals surface area (Å²) in [5.41, 5.74) is 2.88. The Morgan fingerprint density at radius 3 is 2.35 bits per heavy atom. The maximum Gasteiger partial charge on any atom is 0.426 e. The number of ether oxygens (including phenoxy) is 1. The molecule has 1 aromatic heterocycles. The van der Waals surface area contributed by atoms with Crippen LogP contribution in [0.25, 0.3) is 11.0 Å². The molecule has 0 fully saturated rings. The SMILES string of the molecule is CC(C)C[C@H](NC(=O)N(NC(=O)OC(C)(C)C)C(C)C)C(=O)n1nnc2ccccc21. The molecule has 1 heterocycles. The van der Waals surface area contributed by atoms with Gasteiger partial charge in [-0.1, -0.05) is 31.2 Å². The van der Waals surface area contributed by atoms with Crippen LogP contribution in [0.4, 0.5) is 9.59 Å². The summed E-state index contributed by atoms with van der Waals surface area (Å²) < 4.78 is 6.43. The van der Waals surface area contributed by atoms with Gasteiger partial charge in [0.25, 0.3) is 5.91 Å². The van der Waals surface area contributed by atoms with Gasteiger partial charge in [0, 0.05) is 6.04 Å². The zero-order valence-electron chi connectivity index (χ0n) is 19.2. The van der Waals surface area contributed by atoms with Crippen molar-refractivity contribution in [2.45, 2.75) is 72.6 Å². The normalized spacial score (nSPS) is 12.7. The number of rotatable bonds is 5. The van der Waals surface area contributed by atoms with Gasteiger partial charge in [-0.3, -0.25) is 4.79 Å². The molecule has 10 heteroatoms. The maximum atomic E-state index is 13.2. The van der Waals surface area contributed by atoms with E-state index >= 15 is 0 Å². The zero-order chi connectivity index (χ0) is 23.3. The van der Waals surface area contributed by atoms with Crippen LogP contribution in [0.5, 0.6) is 0 Å². The maximum absolute atomic E-state index is 13.2. The molecule has 1 aromatic carbocycles. The highest BCUT2D eigenvalue weighted by Crippen LogP contribution is 2.14. The minimum absolute atomic E-state index is 0.121. The first-order chi connectivity index (χ1) is 14.4. The fraction of sp³-hybridized carbons (Fsp3) is 0.571. The van der Waals surface area contributed by atoms with E-state index in [2.05, 4.69) is 21.1 Å². The predicted molar refractivity (Wildman–Crippen MR) is 116 cm³/mol. The van der Waals surface area contributed by atoms with Gasteiger partial charge in [0.2, 0.25) is 0 Å². The monoisotopic (exact) mass is 432 g/mol. The van der Waals surface area contributed by atoms with Crippen LogP contribution in [0.3, 0.4) is 0 Å². The molecule has 10 nitrogen and oxygen atoms in total. The van der Waals surface area contributed by atoms with Crippen LogP contribution in [0.1, 0.15) is 59.7 Å². The molecule has 170 valence electrons. The summed E-state index contributed by atoms with van der Waals surface area (Å²) in [7, 11) is 0. The molecule has 0 radical (unpaired) electrons. The number of carbonyl (C=O) groups is 3. The van der Waals surface area contributed by atoms with Gasteiger partial charge in [0.1, 0.15) is 17.2 Å². The first-order valence-corrected chi connectivity index (χ1v) is 10.3. The molecule has 1 atom stereocenters. The van der Waals surface area contributed by atoms with E-state index in [0.29, 0.717) is 17.5 Å². The van der Waals surface area contributed by atoms with Crippen molar-refractivity contribution >= 4 is 29.1 Å². The third-order valence-corrected chi connectivity index (χ3v) is 4.21. The molecule has 0 aliphatic carbocycles. The van der Waals surface area contributed by atoms with E-state index in [1.54, 1.807) is 52.8 Å². The van der Waals surface area contributed by atoms with E-state index < -0.39 is 29.7 Å². The number of benzene rings is 1. The smallest absolute Gasteiger partial charge is 0.426 e. The second-order valence-electron chi connectivity index (χ2n) is 9.04. The number of nitrogens with zero attached hydrogens (tertiary/aromatic N) is 4. The fourth-order valence-electron chi connectivity index (χ4n) is 2.90. The molecule has 0 bridgehead atoms. The highest BCUT2D eigenvalue weighted by atomic mass is 16.6. The van der Waals surface area contributed by atoms with E-state index in [0.717, 1.165) is 5.01 Å². The van der Waals surface area contributed by atoms with E-state index in [4.69, 9.17) is 4.74 Å². The van der Waals surface area contributed by atoms with Crippen LogP contribution in [0.15, 0.2) is 24.3 Å². The summed E-state index contributed by atoms with van der Waals surface area (Å²) in [5.74, 6) is -0.285. The van der Waals surface area contributed by atoms with Crippen LogP contribution in [-0.4, -0.2) is 55.7 Å². The molecule has 2 N–H and O–H groups in total. The van der Waals surface area contributed by atoms with Crippen LogP contribution in [-0.2, 0) is 4.74 Å². The molecule has 0 saturated heterocycles. The van der Waals surface area contributed by atoms with Gasteiger partial charge in [-0.05, 0) is 59.1 Å². The summed E-state index contributed by atoms with van der Waals surface area (Å²) in [6.07, 6.45) is -0.373. The summed E-state index contributed by atoms with van der Waals surface area (Å²) in [5, 5.41) is 11.8. The molecule has 0 spiro atoms. The van der Waals surface area contributed by atoms with Crippen molar-refractivity contribution in [1.82, 2.24) is 30.7 Å². The number of amides is 3. The molecule has 2 aromatic rings. The third kappa shape index (κ3) is 6.66. The number of hydrogen-bond acceptors (Lipinski definition) is 6. The van der Waals surface area contributed by atoms with Crippen LogP contribution in [0.2, 0.25) is 0 Å². The predicted octanol–water partition coefficient (Wildman–Crippen LogP) is 3.35. The van der Waals surface area contributed by atoms with E-state index in [9.17, 15) is 14.4 Å². The Labute approximate surface area is 182 Å². The van der Waals surface area contributed by atoms with Gasteiger partial charge >= 0.3 is 12.1 Å². The topological polar surface area (TPSA) is 118 Å². The average molecular weight is 433 g/mol. The van der Waals surface area contributed by atoms with Gasteiger partial charge in [-0.15, -0.1) is 5.10 Å². The number of aromatic nitrogens is 3. The van der Waals surface area contributed by atoms with Crippen molar-refractivity contribution < 1.29 is 19.1 Å². The van der Waals surface area contributed by atoms with Crippen molar-refractivity contribution in [3.05, 3.63) is 24.3 Å². The molecule has 2 rings (SSSR count). The Hall–Kier alpha value is -3.17. The van der Waals surface area contributed by atoms with Crippen molar-refractivity contribution in [1.29, 1.82) is 0 Å². The van der Waals surface area contributed by atoms with Crippen LogP contribution < -0.4 is 10.7 Å². The van der Waals surface area contributed by atoms with E-state index in [-0.39, 0.29) is 12.0 Å². The first kappa shape index (κ1) is 24.1. The molecule has 0 saturated carbocycles. The lowest BCUT2D eigenvalue weighted by molar-refractivity contribution is 0.0337. The largest absolute Gasteiger partial charge is 0.443 e. The van der Waals surface area contributed by atoms with Crippen molar-refractivity contribution in [3.8, 4) is 0 Å². The highest BCUT2D eigenvalue weighted by molar-refractivity contribution is 5.94. The Balaban J connectivity index is 2.22. The average Bonchev–Trinajstić information content (AvgIpc) is 3.07. The Kier molecular flexibility index (Phi) is 7.59. The Morgan fingerprint density at radius 2 is 1.77 bits per heavy atom. The van der Waals surface area contributed by atoms with Gasteiger partial charge in [0.05, 0.1) is 5.52 Å². The standard InChI is InChI=1S/C21H32N6O4/c1-13(2)12-16(18(28)27-17-11-9-8-10-15(17)23-25-27)22-19(29)26(14(3)4)24-20(30)31-21(5,6)7/h8-11,13-14,16H,12H2,1-7H3,(H,22,29)(H,24,30)/t16-/m0/s1. The van der Waals surface area contributed by atoms with Crippen molar-refractivity contribution in [3.63, 3.8) is 0 Å². The molecule has 31 heavy (non-hydrogen) atoms. The lowest BCUT2D eigenvalue weighted by atomic mass is 10.0. The van der Waals surface area contributed by atoms with Gasteiger partial charge in [-0.2, -0.15) is 4.68 Å². The van der Waals surface area contributed by atoms with Crippen molar-refractivity contribution in [2.75, 3.05) is 0 Å². The van der Waals surface area contributed by atoms with Gasteiger partial charge < -0.3 is 10.1 Å².